The quantitative estimate of drug-likeness (QED) is 0.0938. The number of nitrogens with zero attached hydrogens (tertiary/aromatic N) is 5. The molecule has 0 aliphatic carbocycles. The number of carbonyl (C=O) groups excluding carboxylic acids is 4. The van der Waals surface area contributed by atoms with Crippen molar-refractivity contribution in [3.05, 3.63) is 48.4 Å². The second-order valence-corrected chi connectivity index (χ2v) is 14.3. The zero-order valence-corrected chi connectivity index (χ0v) is 32.3. The number of amides is 4. The van der Waals surface area contributed by atoms with E-state index in [4.69, 9.17) is 14.2 Å². The number of fused-ring (bicyclic) bond motifs is 2. The van der Waals surface area contributed by atoms with Crippen LogP contribution in [-0.2, 0) is 25.5 Å². The van der Waals surface area contributed by atoms with Crippen molar-refractivity contribution in [1.29, 1.82) is 0 Å². The van der Waals surface area contributed by atoms with Gasteiger partial charge < -0.3 is 49.8 Å². The maximum absolute atomic E-state index is 13.5. The van der Waals surface area contributed by atoms with Gasteiger partial charge in [0.25, 0.3) is 11.8 Å². The molecule has 18 nitrogen and oxygen atoms in total. The summed E-state index contributed by atoms with van der Waals surface area (Å²) in [6.07, 6.45) is 7.39. The molecular weight excluding hydrogens is 724 g/mol. The summed E-state index contributed by atoms with van der Waals surface area (Å²) in [5.74, 6) is 2.10. The minimum absolute atomic E-state index is 0.0895. The number of aromatic amines is 2. The molecule has 0 bridgehead atoms. The standard InChI is InChI=1S/C38H48N10O8/c1-20(2)30(46-37(51)53-5)33(49)39-14-8-7-11-29-40-17-23(43-29)22-12-13-27-28(16-22)56-34-35(55-27)45-25(19-42-34)24-18-41-32(44-24)26-10-9-15-48(26)36(50)31(21(3)4)47-38(52)54-6/h12-13,16-21,26,30-31H,7-11,14-15H2,1-6H3,(H,39,49)(H,40,43)(H,41,44)(H,46,51)(H,47,52)/t26-,30-,31-/m0/s1. The van der Waals surface area contributed by atoms with Crippen molar-refractivity contribution in [2.24, 2.45) is 11.8 Å². The van der Waals surface area contributed by atoms with E-state index in [1.165, 1.54) is 14.2 Å². The number of methoxy groups -OCH3 is 2. The van der Waals surface area contributed by atoms with Crippen molar-refractivity contribution >= 4 is 24.0 Å². The van der Waals surface area contributed by atoms with Crippen LogP contribution < -0.4 is 25.4 Å². The maximum atomic E-state index is 13.5. The minimum Gasteiger partial charge on any atom is -0.453 e. The molecule has 0 spiro atoms. The average molecular weight is 773 g/mol. The van der Waals surface area contributed by atoms with E-state index in [0.29, 0.717) is 54.6 Å². The van der Waals surface area contributed by atoms with Crippen LogP contribution in [0.3, 0.4) is 0 Å². The highest BCUT2D eigenvalue weighted by molar-refractivity contribution is 5.87. The van der Waals surface area contributed by atoms with Gasteiger partial charge in [0.2, 0.25) is 11.8 Å². The lowest BCUT2D eigenvalue weighted by atomic mass is 10.0. The van der Waals surface area contributed by atoms with E-state index in [9.17, 15) is 19.2 Å². The van der Waals surface area contributed by atoms with Gasteiger partial charge in [0.1, 0.15) is 29.4 Å². The number of H-pyrrole nitrogens is 2. The van der Waals surface area contributed by atoms with Crippen LogP contribution in [0.25, 0.3) is 22.6 Å². The highest BCUT2D eigenvalue weighted by Crippen LogP contribution is 2.45. The van der Waals surface area contributed by atoms with Gasteiger partial charge in [-0.25, -0.2) is 29.5 Å². The molecule has 18 heteroatoms. The van der Waals surface area contributed by atoms with Crippen molar-refractivity contribution < 1.29 is 38.1 Å². The van der Waals surface area contributed by atoms with Gasteiger partial charge in [-0.2, -0.15) is 0 Å². The van der Waals surface area contributed by atoms with E-state index in [1.807, 2.05) is 39.8 Å². The lowest BCUT2D eigenvalue weighted by Crippen LogP contribution is -2.51. The molecule has 3 atom stereocenters. The Morgan fingerprint density at radius 3 is 2.30 bits per heavy atom. The Morgan fingerprint density at radius 1 is 0.857 bits per heavy atom. The summed E-state index contributed by atoms with van der Waals surface area (Å²) in [6, 6.07) is 3.83. The number of hydrogen-bond acceptors (Lipinski definition) is 12. The molecule has 1 fully saturated rings. The van der Waals surface area contributed by atoms with Gasteiger partial charge in [-0.05, 0) is 55.7 Å². The molecular formula is C38H48N10O8. The highest BCUT2D eigenvalue weighted by atomic mass is 16.6. The number of hydrogen-bond donors (Lipinski definition) is 5. The van der Waals surface area contributed by atoms with E-state index in [2.05, 4.69) is 50.6 Å². The number of unbranched alkanes of at least 4 members (excludes halogenated alkanes) is 1. The number of imidazole rings is 2. The van der Waals surface area contributed by atoms with Gasteiger partial charge in [-0.1, -0.05) is 27.7 Å². The lowest BCUT2D eigenvalue weighted by molar-refractivity contribution is -0.135. The molecule has 56 heavy (non-hydrogen) atoms. The molecule has 5 heterocycles. The normalized spacial score (nSPS) is 15.6. The third-order valence-corrected chi connectivity index (χ3v) is 9.67. The van der Waals surface area contributed by atoms with Crippen LogP contribution in [0.4, 0.5) is 9.59 Å². The molecule has 2 aliphatic rings. The predicted molar refractivity (Wildman–Crippen MR) is 202 cm³/mol. The Hall–Kier alpha value is -6.20. The van der Waals surface area contributed by atoms with Crippen LogP contribution in [0, 0.1) is 11.8 Å². The average Bonchev–Trinajstić information content (AvgIpc) is 3.99. The van der Waals surface area contributed by atoms with E-state index >= 15 is 0 Å². The summed E-state index contributed by atoms with van der Waals surface area (Å²) in [5, 5.41) is 8.12. The van der Waals surface area contributed by atoms with Crippen LogP contribution in [0.5, 0.6) is 23.3 Å². The first kappa shape index (κ1) is 39.5. The summed E-state index contributed by atoms with van der Waals surface area (Å²) in [7, 11) is 2.53. The van der Waals surface area contributed by atoms with Crippen LogP contribution >= 0.6 is 0 Å². The first-order chi connectivity index (χ1) is 26.9. The monoisotopic (exact) mass is 772 g/mol. The van der Waals surface area contributed by atoms with E-state index in [0.717, 1.165) is 36.3 Å². The summed E-state index contributed by atoms with van der Waals surface area (Å²) in [4.78, 5) is 76.3. The Balaban J connectivity index is 1.04. The van der Waals surface area contributed by atoms with Crippen LogP contribution in [0.15, 0.2) is 36.8 Å². The maximum Gasteiger partial charge on any atom is 0.407 e. The van der Waals surface area contributed by atoms with Crippen LogP contribution in [0.1, 0.15) is 71.1 Å². The number of likely N-dealkylation sites (tertiary alicyclic amines) is 1. The van der Waals surface area contributed by atoms with Crippen LogP contribution in [-0.4, -0.2) is 98.2 Å². The fourth-order valence-corrected chi connectivity index (χ4v) is 6.60. The molecule has 4 amide bonds. The van der Waals surface area contributed by atoms with Gasteiger partial charge in [-0.15, -0.1) is 0 Å². The third-order valence-electron chi connectivity index (χ3n) is 9.67. The van der Waals surface area contributed by atoms with Gasteiger partial charge in [0.15, 0.2) is 11.5 Å². The molecule has 6 rings (SSSR count). The number of benzene rings is 1. The molecule has 0 saturated carbocycles. The smallest absolute Gasteiger partial charge is 0.407 e. The molecule has 4 aromatic rings. The van der Waals surface area contributed by atoms with E-state index in [-0.39, 0.29) is 41.5 Å². The van der Waals surface area contributed by atoms with Gasteiger partial charge in [0, 0.05) is 25.1 Å². The second-order valence-electron chi connectivity index (χ2n) is 14.3. The Morgan fingerprint density at radius 2 is 1.57 bits per heavy atom. The summed E-state index contributed by atoms with van der Waals surface area (Å²) < 4.78 is 21.6. The van der Waals surface area contributed by atoms with Crippen molar-refractivity contribution in [3.8, 4) is 45.9 Å². The number of alkyl carbamates (subject to hydrolysis) is 2. The molecule has 1 saturated heterocycles. The number of carbonyl (C=O) groups is 4. The lowest BCUT2D eigenvalue weighted by Gasteiger charge is -2.30. The second kappa shape index (κ2) is 17.5. The zero-order chi connectivity index (χ0) is 39.9. The molecule has 298 valence electrons. The number of ether oxygens (including phenoxy) is 4. The van der Waals surface area contributed by atoms with Gasteiger partial charge in [-0.3, -0.25) is 9.59 Å². The predicted octanol–water partition coefficient (Wildman–Crippen LogP) is 5.02. The molecule has 0 unspecified atom stereocenters. The van der Waals surface area contributed by atoms with Crippen molar-refractivity contribution in [2.45, 2.75) is 77.9 Å². The Labute approximate surface area is 323 Å². The van der Waals surface area contributed by atoms with Crippen LogP contribution in [0.2, 0.25) is 0 Å². The summed E-state index contributed by atoms with van der Waals surface area (Å²) in [6.45, 7) is 8.46. The van der Waals surface area contributed by atoms with Crippen molar-refractivity contribution in [2.75, 3.05) is 27.3 Å². The molecule has 3 aromatic heterocycles. The van der Waals surface area contributed by atoms with E-state index < -0.39 is 24.3 Å². The third kappa shape index (κ3) is 9.01. The van der Waals surface area contributed by atoms with Crippen molar-refractivity contribution in [3.63, 3.8) is 0 Å². The van der Waals surface area contributed by atoms with Gasteiger partial charge in [0.05, 0.1) is 50.2 Å². The largest absolute Gasteiger partial charge is 0.453 e. The first-order valence-electron chi connectivity index (χ1n) is 18.7. The number of aromatic nitrogens is 6. The molecule has 5 N–H and O–H groups in total. The number of aryl methyl sites for hydroxylation is 1. The zero-order valence-electron chi connectivity index (χ0n) is 32.3. The minimum atomic E-state index is -0.731. The number of nitrogens with one attached hydrogen (secondary N) is 5. The molecule has 1 aromatic carbocycles. The summed E-state index contributed by atoms with van der Waals surface area (Å²) in [5.41, 5.74) is 2.73. The van der Waals surface area contributed by atoms with Gasteiger partial charge >= 0.3 is 12.2 Å². The number of rotatable bonds is 14. The first-order valence-corrected chi connectivity index (χ1v) is 18.7. The SMILES string of the molecule is COC(=O)N[C@H](C(=O)NCCCCc1ncc(-c2ccc3c(c2)Oc2ncc(-c4cnc([C@@H]5CCCN5C(=O)[C@@H](NC(=O)OC)C(C)C)[nH]4)nc2O3)[nH]1)C(C)C. The topological polar surface area (TPSA) is 228 Å². The highest BCUT2D eigenvalue weighted by Gasteiger charge is 2.37. The fourth-order valence-electron chi connectivity index (χ4n) is 6.60. The van der Waals surface area contributed by atoms with Crippen molar-refractivity contribution in [1.82, 2.24) is 50.8 Å². The Bertz CT molecular complexity index is 2050. The van der Waals surface area contributed by atoms with E-state index in [1.54, 1.807) is 29.6 Å². The molecule has 2 aliphatic heterocycles. The fraction of sp³-hybridized carbons (Fsp3) is 0.474. The molecule has 0 radical (unpaired) electrons. The Kier molecular flexibility index (Phi) is 12.3. The summed E-state index contributed by atoms with van der Waals surface area (Å²) >= 11 is 0.